The molecule has 0 saturated carbocycles. The van der Waals surface area contributed by atoms with Gasteiger partial charge in [0.2, 0.25) is 0 Å². The lowest BCUT2D eigenvalue weighted by Crippen LogP contribution is -2.22. The molecule has 3 nitrogen and oxygen atoms in total. The van der Waals surface area contributed by atoms with E-state index in [-0.39, 0.29) is 5.91 Å². The second kappa shape index (κ2) is 7.28. The van der Waals surface area contributed by atoms with Gasteiger partial charge in [-0.15, -0.1) is 11.3 Å². The van der Waals surface area contributed by atoms with Gasteiger partial charge in [-0.25, -0.2) is 0 Å². The Morgan fingerprint density at radius 1 is 1.43 bits per heavy atom. The third-order valence-electron chi connectivity index (χ3n) is 2.91. The third kappa shape index (κ3) is 4.08. The number of thiophene rings is 1. The number of aryl methyl sites for hydroxylation is 1. The summed E-state index contributed by atoms with van der Waals surface area (Å²) in [5.74, 6) is 5.66. The molecule has 0 aliphatic heterocycles. The highest BCUT2D eigenvalue weighted by atomic mass is 35.5. The molecule has 2 rings (SSSR count). The Bertz CT molecular complexity index is 713. The van der Waals surface area contributed by atoms with Gasteiger partial charge in [0.05, 0.1) is 13.1 Å². The van der Waals surface area contributed by atoms with Crippen molar-refractivity contribution in [2.75, 3.05) is 6.54 Å². The molecule has 1 heterocycles. The summed E-state index contributed by atoms with van der Waals surface area (Å²) in [5, 5.41) is 5.42. The van der Waals surface area contributed by atoms with E-state index in [0.29, 0.717) is 23.7 Å². The van der Waals surface area contributed by atoms with Gasteiger partial charge in [-0.05, 0) is 36.1 Å². The summed E-state index contributed by atoms with van der Waals surface area (Å²) >= 11 is 7.59. The van der Waals surface area contributed by atoms with Gasteiger partial charge >= 0.3 is 0 Å². The Balaban J connectivity index is 2.04. The van der Waals surface area contributed by atoms with Crippen LogP contribution in [0.25, 0.3) is 0 Å². The minimum absolute atomic E-state index is 0.150. The number of amides is 1. The molecular formula is C16H15ClN2OS. The number of carbonyl (C=O) groups is 1. The van der Waals surface area contributed by atoms with Crippen molar-refractivity contribution in [3.8, 4) is 11.8 Å². The summed E-state index contributed by atoms with van der Waals surface area (Å²) in [4.78, 5) is 13.1. The topological polar surface area (TPSA) is 55.1 Å². The number of hydrogen-bond donors (Lipinski definition) is 2. The minimum Gasteiger partial charge on any atom is -0.347 e. The molecule has 0 atom stereocenters. The number of halogens is 1. The summed E-state index contributed by atoms with van der Waals surface area (Å²) in [6.45, 7) is 2.66. The van der Waals surface area contributed by atoms with E-state index in [9.17, 15) is 4.79 Å². The highest BCUT2D eigenvalue weighted by Gasteiger charge is 2.09. The lowest BCUT2D eigenvalue weighted by molar-refractivity contribution is 0.0951. The molecule has 0 unspecified atom stereocenters. The van der Waals surface area contributed by atoms with Crippen LogP contribution in [0.2, 0.25) is 5.02 Å². The predicted octanol–water partition coefficient (Wildman–Crippen LogP) is 2.95. The lowest BCUT2D eigenvalue weighted by Gasteiger charge is -2.06. The fraction of sp³-hybridized carbons (Fsp3) is 0.188. The zero-order chi connectivity index (χ0) is 15.2. The first kappa shape index (κ1) is 15.6. The minimum atomic E-state index is -0.150. The Kier molecular flexibility index (Phi) is 5.40. The van der Waals surface area contributed by atoms with Crippen LogP contribution in [-0.4, -0.2) is 12.5 Å². The lowest BCUT2D eigenvalue weighted by atomic mass is 10.1. The van der Waals surface area contributed by atoms with E-state index >= 15 is 0 Å². The van der Waals surface area contributed by atoms with Gasteiger partial charge in [0.1, 0.15) is 0 Å². The van der Waals surface area contributed by atoms with E-state index in [4.69, 9.17) is 17.3 Å². The Morgan fingerprint density at radius 2 is 2.24 bits per heavy atom. The molecule has 0 fully saturated rings. The fourth-order valence-corrected chi connectivity index (χ4v) is 2.68. The van der Waals surface area contributed by atoms with Crippen LogP contribution in [0.5, 0.6) is 0 Å². The predicted molar refractivity (Wildman–Crippen MR) is 87.6 cm³/mol. The van der Waals surface area contributed by atoms with Gasteiger partial charge in [0.15, 0.2) is 0 Å². The highest BCUT2D eigenvalue weighted by molar-refractivity contribution is 7.10. The van der Waals surface area contributed by atoms with Gasteiger partial charge in [0, 0.05) is 21.0 Å². The van der Waals surface area contributed by atoms with Crippen LogP contribution >= 0.6 is 22.9 Å². The van der Waals surface area contributed by atoms with Crippen LogP contribution in [0, 0.1) is 18.8 Å². The summed E-state index contributed by atoms with van der Waals surface area (Å²) < 4.78 is 0. The normalized spacial score (nSPS) is 9.86. The molecule has 1 aromatic heterocycles. The standard InChI is InChI=1S/C16H15ClN2OS/c1-11-4-5-13(9-14(11)17)16(20)19-10-15-12(3-2-7-18)6-8-21-15/h4-6,8-9H,7,10,18H2,1H3,(H,19,20). The van der Waals surface area contributed by atoms with Crippen LogP contribution in [0.4, 0.5) is 0 Å². The molecule has 2 aromatic rings. The molecule has 0 aliphatic carbocycles. The van der Waals surface area contributed by atoms with E-state index < -0.39 is 0 Å². The Morgan fingerprint density at radius 3 is 2.95 bits per heavy atom. The van der Waals surface area contributed by atoms with Crippen LogP contribution in [0.15, 0.2) is 29.6 Å². The molecule has 5 heteroatoms. The van der Waals surface area contributed by atoms with E-state index in [1.165, 1.54) is 0 Å². The number of nitrogens with one attached hydrogen (secondary N) is 1. The van der Waals surface area contributed by atoms with Crippen LogP contribution in [0.3, 0.4) is 0 Å². The zero-order valence-corrected chi connectivity index (χ0v) is 13.1. The summed E-state index contributed by atoms with van der Waals surface area (Å²) in [6, 6.07) is 7.20. The zero-order valence-electron chi connectivity index (χ0n) is 11.6. The first-order valence-electron chi connectivity index (χ1n) is 6.41. The maximum Gasteiger partial charge on any atom is 0.251 e. The van der Waals surface area contributed by atoms with Crippen molar-refractivity contribution in [2.45, 2.75) is 13.5 Å². The summed E-state index contributed by atoms with van der Waals surface area (Å²) in [6.07, 6.45) is 0. The average molecular weight is 319 g/mol. The monoisotopic (exact) mass is 318 g/mol. The smallest absolute Gasteiger partial charge is 0.251 e. The highest BCUT2D eigenvalue weighted by Crippen LogP contribution is 2.18. The maximum absolute atomic E-state index is 12.1. The first-order valence-corrected chi connectivity index (χ1v) is 7.67. The van der Waals surface area contributed by atoms with E-state index in [1.807, 2.05) is 24.4 Å². The van der Waals surface area contributed by atoms with Crippen molar-refractivity contribution in [3.63, 3.8) is 0 Å². The molecule has 108 valence electrons. The molecule has 1 aromatic carbocycles. The van der Waals surface area contributed by atoms with Gasteiger partial charge in [-0.3, -0.25) is 4.79 Å². The Labute approximate surface area is 133 Å². The van der Waals surface area contributed by atoms with Crippen molar-refractivity contribution in [1.29, 1.82) is 0 Å². The van der Waals surface area contributed by atoms with Crippen molar-refractivity contribution in [1.82, 2.24) is 5.32 Å². The Hall–Kier alpha value is -1.80. The molecule has 0 bridgehead atoms. The molecule has 0 radical (unpaired) electrons. The molecule has 3 N–H and O–H groups in total. The van der Waals surface area contributed by atoms with E-state index in [1.54, 1.807) is 23.5 Å². The SMILES string of the molecule is Cc1ccc(C(=O)NCc2sccc2C#CCN)cc1Cl. The molecule has 0 aliphatic rings. The average Bonchev–Trinajstić information content (AvgIpc) is 2.92. The quantitative estimate of drug-likeness (QED) is 0.855. The van der Waals surface area contributed by atoms with Crippen LogP contribution < -0.4 is 11.1 Å². The van der Waals surface area contributed by atoms with Crippen molar-refractivity contribution >= 4 is 28.8 Å². The number of nitrogens with two attached hydrogens (primary N) is 1. The molecular weight excluding hydrogens is 304 g/mol. The third-order valence-corrected chi connectivity index (χ3v) is 4.24. The largest absolute Gasteiger partial charge is 0.347 e. The van der Waals surface area contributed by atoms with Crippen LogP contribution in [-0.2, 0) is 6.54 Å². The van der Waals surface area contributed by atoms with Gasteiger partial charge < -0.3 is 11.1 Å². The second-order valence-electron chi connectivity index (χ2n) is 4.41. The number of benzene rings is 1. The van der Waals surface area contributed by atoms with Crippen LogP contribution in [0.1, 0.15) is 26.4 Å². The van der Waals surface area contributed by atoms with E-state index in [2.05, 4.69) is 17.2 Å². The molecule has 0 saturated heterocycles. The fourth-order valence-electron chi connectivity index (χ4n) is 1.73. The molecule has 21 heavy (non-hydrogen) atoms. The molecule has 0 spiro atoms. The first-order chi connectivity index (χ1) is 10.1. The molecule has 1 amide bonds. The van der Waals surface area contributed by atoms with Crippen molar-refractivity contribution in [3.05, 3.63) is 56.2 Å². The second-order valence-corrected chi connectivity index (χ2v) is 5.82. The maximum atomic E-state index is 12.1. The van der Waals surface area contributed by atoms with Gasteiger partial charge in [0.25, 0.3) is 5.91 Å². The van der Waals surface area contributed by atoms with Crippen molar-refractivity contribution in [2.24, 2.45) is 5.73 Å². The number of rotatable bonds is 3. The van der Waals surface area contributed by atoms with Gasteiger partial charge in [-0.1, -0.05) is 29.5 Å². The van der Waals surface area contributed by atoms with E-state index in [0.717, 1.165) is 16.0 Å². The van der Waals surface area contributed by atoms with Gasteiger partial charge in [-0.2, -0.15) is 0 Å². The van der Waals surface area contributed by atoms with Crippen molar-refractivity contribution < 1.29 is 4.79 Å². The number of hydrogen-bond acceptors (Lipinski definition) is 3. The summed E-state index contributed by atoms with van der Waals surface area (Å²) in [7, 11) is 0. The summed E-state index contributed by atoms with van der Waals surface area (Å²) in [5.41, 5.74) is 7.78. The number of carbonyl (C=O) groups excluding carboxylic acids is 1.